The van der Waals surface area contributed by atoms with Gasteiger partial charge in [0, 0.05) is 14.1 Å². The van der Waals surface area contributed by atoms with Crippen molar-refractivity contribution in [2.75, 3.05) is 14.1 Å². The van der Waals surface area contributed by atoms with Crippen LogP contribution < -0.4 is 0 Å². The van der Waals surface area contributed by atoms with Gasteiger partial charge in [0.15, 0.2) is 0 Å². The molecule has 0 aliphatic heterocycles. The normalized spacial score (nSPS) is 14.4. The topological polar surface area (TPSA) is 20.3 Å². The first kappa shape index (κ1) is 11.2. The van der Waals surface area contributed by atoms with Crippen LogP contribution in [0, 0.1) is 0 Å². The SMILES string of the molecule is CN(C)C(=O)Cc1ccc2c(c1)CCCC2. The van der Waals surface area contributed by atoms with Crippen molar-refractivity contribution in [3.8, 4) is 0 Å². The lowest BCUT2D eigenvalue weighted by atomic mass is 9.90. The van der Waals surface area contributed by atoms with E-state index in [1.54, 1.807) is 19.0 Å². The Morgan fingerprint density at radius 2 is 1.88 bits per heavy atom. The number of carbonyl (C=O) groups is 1. The van der Waals surface area contributed by atoms with Gasteiger partial charge in [-0.15, -0.1) is 0 Å². The molecule has 86 valence electrons. The highest BCUT2D eigenvalue weighted by Gasteiger charge is 2.11. The third kappa shape index (κ3) is 2.43. The van der Waals surface area contributed by atoms with E-state index in [9.17, 15) is 4.79 Å². The van der Waals surface area contributed by atoms with Crippen molar-refractivity contribution in [3.05, 3.63) is 34.9 Å². The maximum Gasteiger partial charge on any atom is 0.226 e. The van der Waals surface area contributed by atoms with Crippen LogP contribution in [0.1, 0.15) is 29.5 Å². The van der Waals surface area contributed by atoms with Gasteiger partial charge in [-0.2, -0.15) is 0 Å². The van der Waals surface area contributed by atoms with Gasteiger partial charge in [-0.05, 0) is 42.4 Å². The molecule has 2 heteroatoms. The molecule has 1 aliphatic rings. The summed E-state index contributed by atoms with van der Waals surface area (Å²) in [5.41, 5.74) is 4.09. The van der Waals surface area contributed by atoms with Crippen LogP contribution in [0.5, 0.6) is 0 Å². The lowest BCUT2D eigenvalue weighted by Crippen LogP contribution is -2.23. The number of rotatable bonds is 2. The molecule has 0 radical (unpaired) electrons. The maximum atomic E-state index is 11.6. The Kier molecular flexibility index (Phi) is 3.28. The highest BCUT2D eigenvalue weighted by molar-refractivity contribution is 5.78. The van der Waals surface area contributed by atoms with Crippen molar-refractivity contribution in [1.29, 1.82) is 0 Å². The number of hydrogen-bond donors (Lipinski definition) is 0. The van der Waals surface area contributed by atoms with Crippen LogP contribution in [0.25, 0.3) is 0 Å². The van der Waals surface area contributed by atoms with Gasteiger partial charge in [0.05, 0.1) is 6.42 Å². The lowest BCUT2D eigenvalue weighted by Gasteiger charge is -2.17. The highest BCUT2D eigenvalue weighted by atomic mass is 16.2. The van der Waals surface area contributed by atoms with Crippen LogP contribution in [-0.2, 0) is 24.1 Å². The molecule has 1 aliphatic carbocycles. The van der Waals surface area contributed by atoms with Gasteiger partial charge in [0.2, 0.25) is 5.91 Å². The standard InChI is InChI=1S/C14H19NO/c1-15(2)14(16)10-11-7-8-12-5-3-4-6-13(12)9-11/h7-9H,3-6,10H2,1-2H3. The van der Waals surface area contributed by atoms with Crippen LogP contribution in [0.3, 0.4) is 0 Å². The van der Waals surface area contributed by atoms with E-state index >= 15 is 0 Å². The Hall–Kier alpha value is -1.31. The molecule has 16 heavy (non-hydrogen) atoms. The van der Waals surface area contributed by atoms with E-state index in [2.05, 4.69) is 18.2 Å². The van der Waals surface area contributed by atoms with Crippen LogP contribution in [0.4, 0.5) is 0 Å². The predicted molar refractivity (Wildman–Crippen MR) is 65.5 cm³/mol. The molecule has 0 fully saturated rings. The molecule has 0 bridgehead atoms. The third-order valence-electron chi connectivity index (χ3n) is 3.27. The van der Waals surface area contributed by atoms with Crippen molar-refractivity contribution < 1.29 is 4.79 Å². The van der Waals surface area contributed by atoms with Crippen molar-refractivity contribution in [1.82, 2.24) is 4.90 Å². The molecule has 0 heterocycles. The largest absolute Gasteiger partial charge is 0.349 e. The Morgan fingerprint density at radius 1 is 1.19 bits per heavy atom. The molecule has 0 spiro atoms. The third-order valence-corrected chi connectivity index (χ3v) is 3.27. The minimum atomic E-state index is 0.177. The van der Waals surface area contributed by atoms with Crippen molar-refractivity contribution in [2.24, 2.45) is 0 Å². The number of nitrogens with zero attached hydrogens (tertiary/aromatic N) is 1. The van der Waals surface area contributed by atoms with Crippen LogP contribution >= 0.6 is 0 Å². The molecule has 0 N–H and O–H groups in total. The fourth-order valence-electron chi connectivity index (χ4n) is 2.23. The van der Waals surface area contributed by atoms with Crippen molar-refractivity contribution >= 4 is 5.91 Å². The van der Waals surface area contributed by atoms with Crippen LogP contribution in [0.15, 0.2) is 18.2 Å². The summed E-state index contributed by atoms with van der Waals surface area (Å²) in [6, 6.07) is 6.52. The number of benzene rings is 1. The van der Waals surface area contributed by atoms with Gasteiger partial charge in [0.25, 0.3) is 0 Å². The first-order valence-corrected chi connectivity index (χ1v) is 5.97. The van der Waals surface area contributed by atoms with E-state index in [1.807, 2.05) is 0 Å². The summed E-state index contributed by atoms with van der Waals surface area (Å²) < 4.78 is 0. The molecule has 0 saturated heterocycles. The lowest BCUT2D eigenvalue weighted by molar-refractivity contribution is -0.127. The Bertz CT molecular complexity index is 396. The molecule has 0 aromatic heterocycles. The van der Waals surface area contributed by atoms with E-state index < -0.39 is 0 Å². The number of likely N-dealkylation sites (N-methyl/N-ethyl adjacent to an activating group) is 1. The monoisotopic (exact) mass is 217 g/mol. The fourth-order valence-corrected chi connectivity index (χ4v) is 2.23. The minimum Gasteiger partial charge on any atom is -0.349 e. The molecular weight excluding hydrogens is 198 g/mol. The summed E-state index contributed by atoms with van der Waals surface area (Å²) in [4.78, 5) is 13.3. The molecule has 0 saturated carbocycles. The Balaban J connectivity index is 2.14. The average molecular weight is 217 g/mol. The summed E-state index contributed by atoms with van der Waals surface area (Å²) in [6.45, 7) is 0. The number of amides is 1. The van der Waals surface area contributed by atoms with Gasteiger partial charge in [-0.1, -0.05) is 18.2 Å². The molecule has 1 amide bonds. The zero-order chi connectivity index (χ0) is 11.5. The molecule has 0 atom stereocenters. The van der Waals surface area contributed by atoms with Crippen LogP contribution in [0.2, 0.25) is 0 Å². The average Bonchev–Trinajstić information content (AvgIpc) is 2.28. The van der Waals surface area contributed by atoms with E-state index in [4.69, 9.17) is 0 Å². The highest BCUT2D eigenvalue weighted by Crippen LogP contribution is 2.22. The molecule has 0 unspecified atom stereocenters. The van der Waals surface area contributed by atoms with E-state index in [0.717, 1.165) is 5.56 Å². The molecule has 1 aromatic carbocycles. The van der Waals surface area contributed by atoms with E-state index in [-0.39, 0.29) is 5.91 Å². The van der Waals surface area contributed by atoms with Gasteiger partial charge >= 0.3 is 0 Å². The van der Waals surface area contributed by atoms with Crippen molar-refractivity contribution in [2.45, 2.75) is 32.1 Å². The molecule has 2 nitrogen and oxygen atoms in total. The quantitative estimate of drug-likeness (QED) is 0.743. The Morgan fingerprint density at radius 3 is 2.56 bits per heavy atom. The first-order valence-electron chi connectivity index (χ1n) is 5.97. The number of carbonyl (C=O) groups excluding carboxylic acids is 1. The summed E-state index contributed by atoms with van der Waals surface area (Å²) in [5.74, 6) is 0.177. The smallest absolute Gasteiger partial charge is 0.226 e. The minimum absolute atomic E-state index is 0.177. The predicted octanol–water partition coefficient (Wildman–Crippen LogP) is 2.20. The van der Waals surface area contributed by atoms with Gasteiger partial charge in [-0.25, -0.2) is 0 Å². The number of fused-ring (bicyclic) bond motifs is 1. The second-order valence-corrected chi connectivity index (χ2v) is 4.78. The fraction of sp³-hybridized carbons (Fsp3) is 0.500. The molecular formula is C14H19NO. The number of aryl methyl sites for hydroxylation is 2. The summed E-state index contributed by atoms with van der Waals surface area (Å²) >= 11 is 0. The zero-order valence-corrected chi connectivity index (χ0v) is 10.1. The van der Waals surface area contributed by atoms with Gasteiger partial charge < -0.3 is 4.90 Å². The first-order chi connectivity index (χ1) is 7.66. The number of hydrogen-bond acceptors (Lipinski definition) is 1. The summed E-state index contributed by atoms with van der Waals surface area (Å²) in [5, 5.41) is 0. The summed E-state index contributed by atoms with van der Waals surface area (Å²) in [6.07, 6.45) is 5.51. The molecule has 2 rings (SSSR count). The molecule has 1 aromatic rings. The van der Waals surface area contributed by atoms with E-state index in [0.29, 0.717) is 6.42 Å². The summed E-state index contributed by atoms with van der Waals surface area (Å²) in [7, 11) is 3.61. The second-order valence-electron chi connectivity index (χ2n) is 4.78. The second kappa shape index (κ2) is 4.69. The van der Waals surface area contributed by atoms with Gasteiger partial charge in [0.1, 0.15) is 0 Å². The van der Waals surface area contributed by atoms with Crippen molar-refractivity contribution in [3.63, 3.8) is 0 Å². The van der Waals surface area contributed by atoms with E-state index in [1.165, 1.54) is 36.8 Å². The van der Waals surface area contributed by atoms with Gasteiger partial charge in [-0.3, -0.25) is 4.79 Å². The zero-order valence-electron chi connectivity index (χ0n) is 10.1. The maximum absolute atomic E-state index is 11.6. The van der Waals surface area contributed by atoms with Crippen LogP contribution in [-0.4, -0.2) is 24.9 Å². The Labute approximate surface area is 97.3 Å².